The molecule has 0 heterocycles. The summed E-state index contributed by atoms with van der Waals surface area (Å²) in [5.74, 6) is -4.83. The molecule has 0 aliphatic heterocycles. The molecule has 0 spiro atoms. The Bertz CT molecular complexity index is 785. The van der Waals surface area contributed by atoms with Crippen LogP contribution in [-0.4, -0.2) is 0 Å². The molecule has 0 amide bonds. The predicted molar refractivity (Wildman–Crippen MR) is 70.4 cm³/mol. The summed E-state index contributed by atoms with van der Waals surface area (Å²) in [5, 5.41) is 8.57. The SMILES string of the molecule is N#Cc1c(F)cc(-c2c(F)cc(CC=C(F)F)cc2F)cc1F. The molecule has 0 atom stereocenters. The highest BCUT2D eigenvalue weighted by molar-refractivity contribution is 5.66. The summed E-state index contributed by atoms with van der Waals surface area (Å²) < 4.78 is 79.1. The quantitative estimate of drug-likeness (QED) is 0.719. The summed E-state index contributed by atoms with van der Waals surface area (Å²) in [6.45, 7) is 0. The molecule has 0 saturated carbocycles. The Hall–Kier alpha value is -2.75. The number of rotatable bonds is 3. The Morgan fingerprint density at radius 2 is 1.43 bits per heavy atom. The zero-order valence-corrected chi connectivity index (χ0v) is 11.3. The number of hydrogen-bond donors (Lipinski definition) is 0. The van der Waals surface area contributed by atoms with E-state index in [0.717, 1.165) is 12.1 Å². The van der Waals surface area contributed by atoms with Gasteiger partial charge in [0, 0.05) is 0 Å². The number of halogens is 6. The van der Waals surface area contributed by atoms with E-state index in [-0.39, 0.29) is 5.56 Å². The van der Waals surface area contributed by atoms with Crippen molar-refractivity contribution in [2.24, 2.45) is 0 Å². The van der Waals surface area contributed by atoms with E-state index in [1.54, 1.807) is 0 Å². The number of hydrogen-bond acceptors (Lipinski definition) is 1. The Morgan fingerprint density at radius 3 is 1.87 bits per heavy atom. The van der Waals surface area contributed by atoms with Crippen molar-refractivity contribution in [2.75, 3.05) is 0 Å². The summed E-state index contributed by atoms with van der Waals surface area (Å²) in [6.07, 6.45) is -1.91. The van der Waals surface area contributed by atoms with Crippen LogP contribution in [0.5, 0.6) is 0 Å². The average Bonchev–Trinajstić information content (AvgIpc) is 2.44. The maximum atomic E-state index is 14.0. The minimum Gasteiger partial charge on any atom is -0.206 e. The predicted octanol–water partition coefficient (Wildman–Crippen LogP) is 5.10. The Kier molecular flexibility index (Phi) is 4.74. The van der Waals surface area contributed by atoms with Gasteiger partial charge in [-0.15, -0.1) is 0 Å². The van der Waals surface area contributed by atoms with Gasteiger partial charge in [0.2, 0.25) is 0 Å². The highest BCUT2D eigenvalue weighted by atomic mass is 19.3. The van der Waals surface area contributed by atoms with Gasteiger partial charge < -0.3 is 0 Å². The molecule has 0 aliphatic rings. The number of allylic oxidation sites excluding steroid dienone is 1. The molecule has 2 rings (SSSR count). The molecule has 7 heteroatoms. The minimum absolute atomic E-state index is 0.0638. The second kappa shape index (κ2) is 6.57. The van der Waals surface area contributed by atoms with Crippen LogP contribution in [0.3, 0.4) is 0 Å². The fourth-order valence-electron chi connectivity index (χ4n) is 2.04. The first kappa shape index (κ1) is 16.6. The average molecular weight is 327 g/mol. The molecule has 118 valence electrons. The molecule has 2 aromatic carbocycles. The first-order valence-corrected chi connectivity index (χ1v) is 6.22. The van der Waals surface area contributed by atoms with Crippen molar-refractivity contribution in [2.45, 2.75) is 6.42 Å². The van der Waals surface area contributed by atoms with Gasteiger partial charge in [-0.2, -0.15) is 14.0 Å². The largest absolute Gasteiger partial charge is 0.266 e. The van der Waals surface area contributed by atoms with Gasteiger partial charge >= 0.3 is 0 Å². The third-order valence-electron chi connectivity index (χ3n) is 3.04. The lowest BCUT2D eigenvalue weighted by atomic mass is 9.99. The van der Waals surface area contributed by atoms with Gasteiger partial charge in [0.1, 0.15) is 34.9 Å². The van der Waals surface area contributed by atoms with Crippen molar-refractivity contribution in [3.8, 4) is 17.2 Å². The number of nitrogens with zero attached hydrogens (tertiary/aromatic N) is 1. The van der Waals surface area contributed by atoms with E-state index in [9.17, 15) is 26.3 Å². The standard InChI is InChI=1S/C16H7F6N/c17-11-5-9(6-12(18)10(11)7-23)16-13(19)3-8(4-14(16)20)1-2-15(21)22/h2-6H,1H2. The fourth-order valence-corrected chi connectivity index (χ4v) is 2.04. The van der Waals surface area contributed by atoms with Gasteiger partial charge in [-0.1, -0.05) is 0 Å². The van der Waals surface area contributed by atoms with Crippen molar-refractivity contribution >= 4 is 0 Å². The van der Waals surface area contributed by atoms with E-state index in [0.29, 0.717) is 18.2 Å². The molecule has 0 radical (unpaired) electrons. The van der Waals surface area contributed by atoms with Crippen LogP contribution in [0.2, 0.25) is 0 Å². The molecule has 0 aromatic heterocycles. The van der Waals surface area contributed by atoms with E-state index >= 15 is 0 Å². The van der Waals surface area contributed by atoms with Gasteiger partial charge in [0.25, 0.3) is 6.08 Å². The molecular weight excluding hydrogens is 320 g/mol. The highest BCUT2D eigenvalue weighted by Crippen LogP contribution is 2.30. The first-order chi connectivity index (χ1) is 10.8. The highest BCUT2D eigenvalue weighted by Gasteiger charge is 2.18. The lowest BCUT2D eigenvalue weighted by Crippen LogP contribution is -1.97. The van der Waals surface area contributed by atoms with Crippen molar-refractivity contribution < 1.29 is 26.3 Å². The normalized spacial score (nSPS) is 10.3. The fraction of sp³-hybridized carbons (Fsp3) is 0.0625. The third kappa shape index (κ3) is 3.54. The van der Waals surface area contributed by atoms with E-state index < -0.39 is 52.5 Å². The Morgan fingerprint density at radius 1 is 0.913 bits per heavy atom. The van der Waals surface area contributed by atoms with Gasteiger partial charge in [0.15, 0.2) is 0 Å². The molecule has 0 aliphatic carbocycles. The zero-order valence-electron chi connectivity index (χ0n) is 11.3. The van der Waals surface area contributed by atoms with Crippen LogP contribution in [0.4, 0.5) is 26.3 Å². The lowest BCUT2D eigenvalue weighted by molar-refractivity contribution is 0.418. The first-order valence-electron chi connectivity index (χ1n) is 6.22. The van der Waals surface area contributed by atoms with Gasteiger partial charge in [0.05, 0.1) is 5.56 Å². The summed E-state index contributed by atoms with van der Waals surface area (Å²) in [6, 6.07) is 4.15. The van der Waals surface area contributed by atoms with Gasteiger partial charge in [-0.05, 0) is 47.9 Å². The summed E-state index contributed by atoms with van der Waals surface area (Å²) in [5.41, 5.74) is -2.07. The van der Waals surface area contributed by atoms with Crippen molar-refractivity contribution in [1.29, 1.82) is 5.26 Å². The second-order valence-corrected chi connectivity index (χ2v) is 4.56. The van der Waals surface area contributed by atoms with Crippen LogP contribution in [0.25, 0.3) is 11.1 Å². The van der Waals surface area contributed by atoms with Crippen LogP contribution >= 0.6 is 0 Å². The maximum Gasteiger partial charge on any atom is 0.266 e. The topological polar surface area (TPSA) is 23.8 Å². The van der Waals surface area contributed by atoms with Crippen molar-refractivity contribution in [1.82, 2.24) is 0 Å². The van der Waals surface area contributed by atoms with Gasteiger partial charge in [-0.25, -0.2) is 17.6 Å². The summed E-state index contributed by atoms with van der Waals surface area (Å²) >= 11 is 0. The minimum atomic E-state index is -1.99. The van der Waals surface area contributed by atoms with Crippen LogP contribution in [0.15, 0.2) is 36.4 Å². The van der Waals surface area contributed by atoms with E-state index in [1.165, 1.54) is 6.07 Å². The Balaban J connectivity index is 2.53. The van der Waals surface area contributed by atoms with Crippen molar-refractivity contribution in [3.05, 3.63) is 70.8 Å². The van der Waals surface area contributed by atoms with E-state index in [2.05, 4.69) is 0 Å². The molecule has 2 aromatic rings. The molecular formula is C16H7F6N. The number of benzene rings is 2. The van der Waals surface area contributed by atoms with Crippen molar-refractivity contribution in [3.63, 3.8) is 0 Å². The zero-order chi connectivity index (χ0) is 17.1. The molecule has 0 bridgehead atoms. The molecule has 0 unspecified atom stereocenters. The number of nitriles is 1. The van der Waals surface area contributed by atoms with E-state index in [1.807, 2.05) is 0 Å². The molecule has 23 heavy (non-hydrogen) atoms. The van der Waals surface area contributed by atoms with Gasteiger partial charge in [-0.3, -0.25) is 0 Å². The molecule has 0 saturated heterocycles. The second-order valence-electron chi connectivity index (χ2n) is 4.56. The van der Waals surface area contributed by atoms with Crippen LogP contribution in [-0.2, 0) is 6.42 Å². The smallest absolute Gasteiger partial charge is 0.206 e. The summed E-state index contributed by atoms with van der Waals surface area (Å²) in [7, 11) is 0. The molecule has 1 nitrogen and oxygen atoms in total. The third-order valence-corrected chi connectivity index (χ3v) is 3.04. The Labute approximate surface area is 127 Å². The molecule has 0 fully saturated rings. The molecule has 0 N–H and O–H groups in total. The van der Waals surface area contributed by atoms with Crippen LogP contribution < -0.4 is 0 Å². The monoisotopic (exact) mass is 327 g/mol. The van der Waals surface area contributed by atoms with Crippen LogP contribution in [0.1, 0.15) is 11.1 Å². The van der Waals surface area contributed by atoms with E-state index in [4.69, 9.17) is 5.26 Å². The lowest BCUT2D eigenvalue weighted by Gasteiger charge is -2.09. The summed E-state index contributed by atoms with van der Waals surface area (Å²) in [4.78, 5) is 0. The van der Waals surface area contributed by atoms with Crippen LogP contribution in [0, 0.1) is 34.6 Å². The maximum absolute atomic E-state index is 14.0.